The van der Waals surface area contributed by atoms with E-state index in [4.69, 9.17) is 4.98 Å². The predicted octanol–water partition coefficient (Wildman–Crippen LogP) is 4.87. The first-order valence-electron chi connectivity index (χ1n) is 10.9. The van der Waals surface area contributed by atoms with Crippen LogP contribution in [0.5, 0.6) is 0 Å². The van der Waals surface area contributed by atoms with Gasteiger partial charge in [-0.3, -0.25) is 14.0 Å². The fourth-order valence-corrected chi connectivity index (χ4v) is 5.57. The van der Waals surface area contributed by atoms with Crippen molar-refractivity contribution in [2.45, 2.75) is 19.9 Å². The average Bonchev–Trinajstić information content (AvgIpc) is 3.36. The van der Waals surface area contributed by atoms with Crippen LogP contribution in [0.2, 0.25) is 0 Å². The van der Waals surface area contributed by atoms with E-state index in [1.165, 1.54) is 23.5 Å². The quantitative estimate of drug-likeness (QED) is 0.364. The molecule has 0 fully saturated rings. The maximum absolute atomic E-state index is 13.6. The van der Waals surface area contributed by atoms with Crippen LogP contribution in [0.1, 0.15) is 33.8 Å². The lowest BCUT2D eigenvalue weighted by Gasteiger charge is -2.18. The SMILES string of the molecule is Cc1sc2c(=O)n(C)c(-c3ccc4cnn(C)c4c3)nc2c1C(C)Nc1ccc(F)cc1C(=O)O. The van der Waals surface area contributed by atoms with Crippen LogP contribution in [-0.4, -0.2) is 30.4 Å². The molecule has 0 aliphatic heterocycles. The van der Waals surface area contributed by atoms with Crippen molar-refractivity contribution in [1.29, 1.82) is 0 Å². The Morgan fingerprint density at radius 3 is 2.71 bits per heavy atom. The number of aromatic carboxylic acids is 1. The maximum Gasteiger partial charge on any atom is 0.337 e. The number of aromatic nitrogens is 4. The molecule has 2 N–H and O–H groups in total. The molecular formula is C25H22FN5O3S. The van der Waals surface area contributed by atoms with E-state index < -0.39 is 11.8 Å². The summed E-state index contributed by atoms with van der Waals surface area (Å²) < 4.78 is 17.5. The van der Waals surface area contributed by atoms with Gasteiger partial charge in [-0.2, -0.15) is 5.10 Å². The number of aryl methyl sites for hydroxylation is 2. The van der Waals surface area contributed by atoms with Crippen LogP contribution < -0.4 is 10.9 Å². The smallest absolute Gasteiger partial charge is 0.337 e. The van der Waals surface area contributed by atoms with Crippen molar-refractivity contribution in [3.8, 4) is 11.4 Å². The highest BCUT2D eigenvalue weighted by molar-refractivity contribution is 7.19. The summed E-state index contributed by atoms with van der Waals surface area (Å²) in [5.74, 6) is -1.34. The number of halogens is 1. The third kappa shape index (κ3) is 3.75. The maximum atomic E-state index is 13.6. The Bertz CT molecular complexity index is 1700. The van der Waals surface area contributed by atoms with Crippen LogP contribution >= 0.6 is 11.3 Å². The van der Waals surface area contributed by atoms with Crippen LogP contribution in [-0.2, 0) is 14.1 Å². The monoisotopic (exact) mass is 491 g/mol. The number of fused-ring (bicyclic) bond motifs is 2. The summed E-state index contributed by atoms with van der Waals surface area (Å²) in [6, 6.07) is 9.01. The second-order valence-corrected chi connectivity index (χ2v) is 9.68. The summed E-state index contributed by atoms with van der Waals surface area (Å²) in [6.07, 6.45) is 1.78. The molecule has 5 aromatic rings. The average molecular weight is 492 g/mol. The number of rotatable bonds is 5. The van der Waals surface area contributed by atoms with E-state index in [1.807, 2.05) is 39.1 Å². The summed E-state index contributed by atoms with van der Waals surface area (Å²) in [6.45, 7) is 3.77. The van der Waals surface area contributed by atoms with E-state index in [1.54, 1.807) is 22.5 Å². The van der Waals surface area contributed by atoms with Crippen LogP contribution in [0.25, 0.3) is 32.5 Å². The molecule has 0 radical (unpaired) electrons. The highest BCUT2D eigenvalue weighted by Crippen LogP contribution is 2.35. The topological polar surface area (TPSA) is 102 Å². The first-order valence-corrected chi connectivity index (χ1v) is 11.7. The summed E-state index contributed by atoms with van der Waals surface area (Å²) in [4.78, 5) is 30.7. The molecule has 178 valence electrons. The predicted molar refractivity (Wildman–Crippen MR) is 135 cm³/mol. The first kappa shape index (κ1) is 22.7. The highest BCUT2D eigenvalue weighted by Gasteiger charge is 2.23. The Morgan fingerprint density at radius 1 is 1.20 bits per heavy atom. The van der Waals surface area contributed by atoms with Crippen LogP contribution in [0.4, 0.5) is 10.1 Å². The Balaban J connectivity index is 1.65. The molecule has 0 aliphatic carbocycles. The Labute approximate surface area is 203 Å². The minimum atomic E-state index is -1.23. The highest BCUT2D eigenvalue weighted by atomic mass is 32.1. The number of carboxylic acid groups (broad SMARTS) is 1. The van der Waals surface area contributed by atoms with E-state index in [2.05, 4.69) is 10.4 Å². The zero-order valence-corrected chi connectivity index (χ0v) is 20.3. The fourth-order valence-electron chi connectivity index (χ4n) is 4.41. The van der Waals surface area contributed by atoms with Gasteiger partial charge in [0, 0.05) is 41.2 Å². The van der Waals surface area contributed by atoms with E-state index in [9.17, 15) is 19.1 Å². The lowest BCUT2D eigenvalue weighted by atomic mass is 10.1. The van der Waals surface area contributed by atoms with Gasteiger partial charge < -0.3 is 10.4 Å². The van der Waals surface area contributed by atoms with Gasteiger partial charge in [-0.1, -0.05) is 12.1 Å². The van der Waals surface area contributed by atoms with Gasteiger partial charge in [0.15, 0.2) is 0 Å². The molecule has 35 heavy (non-hydrogen) atoms. The van der Waals surface area contributed by atoms with Gasteiger partial charge in [-0.25, -0.2) is 14.2 Å². The Hall–Kier alpha value is -4.05. The van der Waals surface area contributed by atoms with Gasteiger partial charge in [-0.05, 0) is 38.1 Å². The molecule has 3 aromatic heterocycles. The van der Waals surface area contributed by atoms with E-state index in [0.29, 0.717) is 16.0 Å². The second-order valence-electron chi connectivity index (χ2n) is 8.45. The van der Waals surface area contributed by atoms with Gasteiger partial charge in [0.05, 0.1) is 28.8 Å². The van der Waals surface area contributed by atoms with Crippen molar-refractivity contribution in [3.05, 3.63) is 74.8 Å². The molecule has 2 aromatic carbocycles. The van der Waals surface area contributed by atoms with Crippen molar-refractivity contribution >= 4 is 44.1 Å². The number of nitrogens with zero attached hydrogens (tertiary/aromatic N) is 4. The lowest BCUT2D eigenvalue weighted by molar-refractivity contribution is 0.0697. The fraction of sp³-hybridized carbons (Fsp3) is 0.200. The molecular weight excluding hydrogens is 469 g/mol. The van der Waals surface area contributed by atoms with E-state index in [0.717, 1.165) is 33.0 Å². The summed E-state index contributed by atoms with van der Waals surface area (Å²) in [5, 5.41) is 17.9. The van der Waals surface area contributed by atoms with E-state index >= 15 is 0 Å². The summed E-state index contributed by atoms with van der Waals surface area (Å²) in [5.41, 5.74) is 3.03. The molecule has 0 bridgehead atoms. The molecule has 10 heteroatoms. The molecule has 0 amide bonds. The van der Waals surface area contributed by atoms with Crippen LogP contribution in [0.3, 0.4) is 0 Å². The molecule has 3 heterocycles. The molecule has 0 saturated heterocycles. The lowest BCUT2D eigenvalue weighted by Crippen LogP contribution is -2.20. The van der Waals surface area contributed by atoms with Crippen molar-refractivity contribution in [2.75, 3.05) is 5.32 Å². The number of anilines is 1. The van der Waals surface area contributed by atoms with Gasteiger partial charge >= 0.3 is 5.97 Å². The number of carboxylic acids is 1. The largest absolute Gasteiger partial charge is 0.478 e. The standard InChI is InChI=1S/C25H22FN5O3S/c1-12(28-18-8-7-16(26)10-17(18)25(33)34)20-13(2)35-22-21(20)29-23(30(3)24(22)32)14-5-6-15-11-27-31(4)19(15)9-14/h5-12,28H,1-4H3,(H,33,34). The number of hydrogen-bond acceptors (Lipinski definition) is 6. The number of thiophene rings is 1. The molecule has 0 saturated carbocycles. The third-order valence-corrected chi connectivity index (χ3v) is 7.26. The minimum absolute atomic E-state index is 0.158. The van der Waals surface area contributed by atoms with Crippen LogP contribution in [0.15, 0.2) is 47.4 Å². The van der Waals surface area contributed by atoms with Gasteiger partial charge in [0.1, 0.15) is 16.3 Å². The number of hydrogen-bond donors (Lipinski definition) is 2. The van der Waals surface area contributed by atoms with Gasteiger partial charge in [-0.15, -0.1) is 11.3 Å². The zero-order chi connectivity index (χ0) is 25.0. The molecule has 0 aliphatic rings. The molecule has 8 nitrogen and oxygen atoms in total. The van der Waals surface area contributed by atoms with Gasteiger partial charge in [0.2, 0.25) is 0 Å². The van der Waals surface area contributed by atoms with Crippen LogP contribution in [0, 0.1) is 12.7 Å². The van der Waals surface area contributed by atoms with Crippen molar-refractivity contribution in [2.24, 2.45) is 14.1 Å². The third-order valence-electron chi connectivity index (χ3n) is 6.16. The number of carbonyl (C=O) groups is 1. The molecule has 5 rings (SSSR count). The Morgan fingerprint density at radius 2 is 1.97 bits per heavy atom. The normalized spacial score (nSPS) is 12.4. The number of benzene rings is 2. The van der Waals surface area contributed by atoms with E-state index in [-0.39, 0.29) is 22.9 Å². The van der Waals surface area contributed by atoms with Crippen molar-refractivity contribution < 1.29 is 14.3 Å². The molecule has 0 spiro atoms. The summed E-state index contributed by atoms with van der Waals surface area (Å²) in [7, 11) is 3.56. The molecule has 1 unspecified atom stereocenters. The van der Waals surface area contributed by atoms with Crippen molar-refractivity contribution in [1.82, 2.24) is 19.3 Å². The second kappa shape index (κ2) is 8.31. The first-order chi connectivity index (χ1) is 16.7. The van der Waals surface area contributed by atoms with Gasteiger partial charge in [0.25, 0.3) is 5.56 Å². The Kier molecular flexibility index (Phi) is 5.40. The van der Waals surface area contributed by atoms with Crippen molar-refractivity contribution in [3.63, 3.8) is 0 Å². The minimum Gasteiger partial charge on any atom is -0.478 e. The summed E-state index contributed by atoms with van der Waals surface area (Å²) >= 11 is 1.36. The zero-order valence-electron chi connectivity index (χ0n) is 19.5. The number of nitrogens with one attached hydrogen (secondary N) is 1. The molecule has 1 atom stereocenters.